The Bertz CT molecular complexity index is 1070. The number of fused-ring (bicyclic) bond motifs is 1. The molecule has 1 saturated heterocycles. The van der Waals surface area contributed by atoms with Crippen LogP contribution in [0.3, 0.4) is 0 Å². The van der Waals surface area contributed by atoms with Gasteiger partial charge in [-0.15, -0.1) is 0 Å². The Hall–Kier alpha value is -2.82. The van der Waals surface area contributed by atoms with Gasteiger partial charge in [-0.25, -0.2) is 4.98 Å². The van der Waals surface area contributed by atoms with Crippen LogP contribution in [-0.2, 0) is 11.3 Å². The number of amides is 1. The third-order valence-electron chi connectivity index (χ3n) is 6.32. The van der Waals surface area contributed by atoms with E-state index in [9.17, 15) is 4.79 Å². The van der Waals surface area contributed by atoms with Crippen LogP contribution in [0.25, 0.3) is 11.0 Å². The molecule has 2 aliphatic rings. The van der Waals surface area contributed by atoms with Gasteiger partial charge in [0.15, 0.2) is 0 Å². The highest BCUT2D eigenvalue weighted by molar-refractivity contribution is 5.81. The van der Waals surface area contributed by atoms with E-state index in [0.717, 1.165) is 48.5 Å². The first-order chi connectivity index (χ1) is 14.1. The molecule has 0 N–H and O–H groups in total. The van der Waals surface area contributed by atoms with Gasteiger partial charge in [0.2, 0.25) is 5.91 Å². The molecular formula is C24H27N3O2. The van der Waals surface area contributed by atoms with Crippen LogP contribution in [0, 0.1) is 13.8 Å². The molecule has 29 heavy (non-hydrogen) atoms. The molecule has 1 unspecified atom stereocenters. The number of hydrogen-bond acceptors (Lipinski definition) is 3. The Balaban J connectivity index is 1.39. The molecular weight excluding hydrogens is 362 g/mol. The summed E-state index contributed by atoms with van der Waals surface area (Å²) in [6.45, 7) is 6.29. The van der Waals surface area contributed by atoms with Crippen molar-refractivity contribution in [3.8, 4) is 5.75 Å². The van der Waals surface area contributed by atoms with Crippen molar-refractivity contribution in [1.29, 1.82) is 0 Å². The monoisotopic (exact) mass is 389 g/mol. The Kier molecular flexibility index (Phi) is 4.53. The van der Waals surface area contributed by atoms with Crippen LogP contribution in [0.2, 0.25) is 0 Å². The van der Waals surface area contributed by atoms with Gasteiger partial charge in [0.05, 0.1) is 17.6 Å². The molecule has 1 saturated carbocycles. The van der Waals surface area contributed by atoms with E-state index in [4.69, 9.17) is 9.72 Å². The first-order valence-corrected chi connectivity index (χ1v) is 10.6. The molecule has 1 aliphatic heterocycles. The van der Waals surface area contributed by atoms with Crippen LogP contribution in [0.15, 0.2) is 42.5 Å². The number of nitrogens with zero attached hydrogens (tertiary/aromatic N) is 3. The lowest BCUT2D eigenvalue weighted by Gasteiger charge is -2.17. The molecule has 5 heteroatoms. The standard InChI is InChI=1S/C24H27N3O2/c1-16-6-5-9-22(17(16)2)29-13-12-26-21-8-4-3-7-20(21)25-24(26)18-14-23(28)27(15-18)19-10-11-19/h3-9,18-19H,10-15H2,1-2H3. The number of ether oxygens (including phenoxy) is 1. The van der Waals surface area contributed by atoms with Crippen LogP contribution in [0.4, 0.5) is 0 Å². The van der Waals surface area contributed by atoms with Gasteiger partial charge in [0.25, 0.3) is 0 Å². The van der Waals surface area contributed by atoms with Gasteiger partial charge in [-0.3, -0.25) is 4.79 Å². The zero-order valence-electron chi connectivity index (χ0n) is 17.1. The molecule has 2 fully saturated rings. The third-order valence-corrected chi connectivity index (χ3v) is 6.32. The summed E-state index contributed by atoms with van der Waals surface area (Å²) in [5.74, 6) is 2.40. The minimum absolute atomic E-state index is 0.163. The van der Waals surface area contributed by atoms with Crippen LogP contribution >= 0.6 is 0 Å². The predicted molar refractivity (Wildman–Crippen MR) is 113 cm³/mol. The highest BCUT2D eigenvalue weighted by atomic mass is 16.5. The SMILES string of the molecule is Cc1cccc(OCCn2c(C3CC(=O)N(C4CC4)C3)nc3ccccc32)c1C. The normalized spacial score (nSPS) is 19.3. The summed E-state index contributed by atoms with van der Waals surface area (Å²) in [5.41, 5.74) is 4.53. The molecule has 2 aromatic carbocycles. The minimum atomic E-state index is 0.163. The highest BCUT2D eigenvalue weighted by Gasteiger charge is 2.41. The maximum Gasteiger partial charge on any atom is 0.223 e. The number of imidazole rings is 1. The maximum atomic E-state index is 12.5. The predicted octanol–water partition coefficient (Wildman–Crippen LogP) is 4.21. The number of likely N-dealkylation sites (tertiary alicyclic amines) is 1. The second-order valence-corrected chi connectivity index (χ2v) is 8.34. The van der Waals surface area contributed by atoms with E-state index in [2.05, 4.69) is 41.5 Å². The maximum absolute atomic E-state index is 12.5. The Morgan fingerprint density at radius 3 is 2.76 bits per heavy atom. The van der Waals surface area contributed by atoms with E-state index < -0.39 is 0 Å². The Labute approximate surface area is 171 Å². The van der Waals surface area contributed by atoms with E-state index in [1.807, 2.05) is 24.3 Å². The van der Waals surface area contributed by atoms with Crippen molar-refractivity contribution in [3.63, 3.8) is 0 Å². The van der Waals surface area contributed by atoms with Gasteiger partial charge in [-0.2, -0.15) is 0 Å². The summed E-state index contributed by atoms with van der Waals surface area (Å²) < 4.78 is 8.38. The van der Waals surface area contributed by atoms with Gasteiger partial charge in [-0.05, 0) is 56.0 Å². The fourth-order valence-electron chi connectivity index (χ4n) is 4.41. The first kappa shape index (κ1) is 18.2. The number of carbonyl (C=O) groups excluding carboxylic acids is 1. The molecule has 3 aromatic rings. The summed E-state index contributed by atoms with van der Waals surface area (Å²) in [6.07, 6.45) is 2.87. The number of aryl methyl sites for hydroxylation is 1. The number of rotatable bonds is 6. The highest BCUT2D eigenvalue weighted by Crippen LogP contribution is 2.37. The fraction of sp³-hybridized carbons (Fsp3) is 0.417. The van der Waals surface area contributed by atoms with Gasteiger partial charge >= 0.3 is 0 Å². The topological polar surface area (TPSA) is 47.4 Å². The molecule has 5 rings (SSSR count). The van der Waals surface area contributed by atoms with Crippen LogP contribution in [0.5, 0.6) is 5.75 Å². The molecule has 0 bridgehead atoms. The summed E-state index contributed by atoms with van der Waals surface area (Å²) in [7, 11) is 0. The third kappa shape index (κ3) is 3.39. The average molecular weight is 389 g/mol. The van der Waals surface area contributed by atoms with Crippen molar-refractivity contribution in [2.24, 2.45) is 0 Å². The van der Waals surface area contributed by atoms with Crippen molar-refractivity contribution in [2.75, 3.05) is 13.2 Å². The van der Waals surface area contributed by atoms with Crippen molar-refractivity contribution < 1.29 is 9.53 Å². The van der Waals surface area contributed by atoms with Crippen molar-refractivity contribution >= 4 is 16.9 Å². The second-order valence-electron chi connectivity index (χ2n) is 8.34. The summed E-state index contributed by atoms with van der Waals surface area (Å²) in [4.78, 5) is 19.5. The first-order valence-electron chi connectivity index (χ1n) is 10.6. The molecule has 1 atom stereocenters. The van der Waals surface area contributed by atoms with Gasteiger partial charge in [-0.1, -0.05) is 24.3 Å². The zero-order chi connectivity index (χ0) is 20.0. The van der Waals surface area contributed by atoms with E-state index in [1.165, 1.54) is 11.1 Å². The number of carbonyl (C=O) groups is 1. The second kappa shape index (κ2) is 7.21. The molecule has 0 radical (unpaired) electrons. The lowest BCUT2D eigenvalue weighted by Crippen LogP contribution is -2.27. The van der Waals surface area contributed by atoms with Gasteiger partial charge < -0.3 is 14.2 Å². The fourth-order valence-corrected chi connectivity index (χ4v) is 4.41. The van der Waals surface area contributed by atoms with Crippen LogP contribution in [-0.4, -0.2) is 39.6 Å². The molecule has 150 valence electrons. The van der Waals surface area contributed by atoms with Crippen molar-refractivity contribution in [3.05, 3.63) is 59.4 Å². The molecule has 0 spiro atoms. The largest absolute Gasteiger partial charge is 0.491 e. The lowest BCUT2D eigenvalue weighted by atomic mass is 10.1. The molecule has 2 heterocycles. The summed E-state index contributed by atoms with van der Waals surface area (Å²) in [6, 6.07) is 14.9. The van der Waals surface area contributed by atoms with Gasteiger partial charge in [0, 0.05) is 24.9 Å². The molecule has 1 amide bonds. The molecule has 1 aliphatic carbocycles. The zero-order valence-corrected chi connectivity index (χ0v) is 17.1. The number of para-hydroxylation sites is 2. The van der Waals surface area contributed by atoms with E-state index in [-0.39, 0.29) is 11.8 Å². The van der Waals surface area contributed by atoms with E-state index in [1.54, 1.807) is 0 Å². The van der Waals surface area contributed by atoms with E-state index >= 15 is 0 Å². The Morgan fingerprint density at radius 2 is 1.93 bits per heavy atom. The summed E-state index contributed by atoms with van der Waals surface area (Å²) in [5, 5.41) is 0. The van der Waals surface area contributed by atoms with E-state index in [0.29, 0.717) is 19.1 Å². The van der Waals surface area contributed by atoms with Crippen molar-refractivity contribution in [1.82, 2.24) is 14.5 Å². The van der Waals surface area contributed by atoms with Crippen molar-refractivity contribution in [2.45, 2.75) is 51.6 Å². The smallest absolute Gasteiger partial charge is 0.223 e. The quantitative estimate of drug-likeness (QED) is 0.634. The van der Waals surface area contributed by atoms with Crippen LogP contribution < -0.4 is 4.74 Å². The minimum Gasteiger partial charge on any atom is -0.491 e. The molecule has 5 nitrogen and oxygen atoms in total. The summed E-state index contributed by atoms with van der Waals surface area (Å²) >= 11 is 0. The Morgan fingerprint density at radius 1 is 1.10 bits per heavy atom. The number of hydrogen-bond donors (Lipinski definition) is 0. The number of aromatic nitrogens is 2. The molecule has 1 aromatic heterocycles. The number of benzene rings is 2. The van der Waals surface area contributed by atoms with Gasteiger partial charge in [0.1, 0.15) is 18.2 Å². The average Bonchev–Trinajstić information content (AvgIpc) is 3.39. The van der Waals surface area contributed by atoms with Crippen LogP contribution in [0.1, 0.15) is 42.1 Å². The lowest BCUT2D eigenvalue weighted by molar-refractivity contribution is -0.128.